The minimum Gasteiger partial charge on any atom is -0.456 e. The zero-order valence-corrected chi connectivity index (χ0v) is 26.6. The number of hydrogen-bond acceptors (Lipinski definition) is 4. The van der Waals surface area contributed by atoms with Gasteiger partial charge >= 0.3 is 5.66 Å². The molecule has 0 aliphatic carbocycles. The first-order chi connectivity index (χ1) is 23.4. The third kappa shape index (κ3) is 3.03. The van der Waals surface area contributed by atoms with Crippen molar-refractivity contribution in [3.8, 4) is 45.5 Å². The monoisotopic (exact) mass is 623 g/mol. The molecule has 1 unspecified atom stereocenters. The van der Waals surface area contributed by atoms with Gasteiger partial charge < -0.3 is 4.74 Å². The summed E-state index contributed by atoms with van der Waals surface area (Å²) in [6, 6.07) is 28.0. The van der Waals surface area contributed by atoms with Crippen LogP contribution in [0.4, 0.5) is 0 Å². The molecule has 11 rings (SSSR count). The average molecular weight is 624 g/mol. The highest BCUT2D eigenvalue weighted by Gasteiger charge is 2.68. The van der Waals surface area contributed by atoms with E-state index >= 15 is 0 Å². The van der Waals surface area contributed by atoms with Crippen LogP contribution < -0.4 is 14.0 Å². The highest BCUT2D eigenvalue weighted by Crippen LogP contribution is 2.55. The molecule has 0 bridgehead atoms. The van der Waals surface area contributed by atoms with Gasteiger partial charge in [0, 0.05) is 47.2 Å². The van der Waals surface area contributed by atoms with Crippen LogP contribution in [0.3, 0.4) is 0 Å². The predicted molar refractivity (Wildman–Crippen MR) is 182 cm³/mol. The average Bonchev–Trinajstić information content (AvgIpc) is 3.78. The van der Waals surface area contributed by atoms with Gasteiger partial charge in [-0.1, -0.05) is 43.7 Å². The molecular formula is C40H29N7O+2. The third-order valence-corrected chi connectivity index (χ3v) is 10.4. The number of fused-ring (bicyclic) bond motifs is 7. The summed E-state index contributed by atoms with van der Waals surface area (Å²) >= 11 is 0. The minimum absolute atomic E-state index is 0.0355. The summed E-state index contributed by atoms with van der Waals surface area (Å²) in [6.07, 6.45) is 14.0. The maximum Gasteiger partial charge on any atom is 0.397 e. The number of ether oxygens (including phenoxy) is 1. The lowest BCUT2D eigenvalue weighted by molar-refractivity contribution is -0.993. The normalized spacial score (nSPS) is 16.5. The second-order valence-electron chi connectivity index (χ2n) is 13.9. The molecule has 5 aromatic heterocycles. The molecule has 8 heteroatoms. The van der Waals surface area contributed by atoms with Gasteiger partial charge in [0.25, 0.3) is 5.82 Å². The topological polar surface area (TPSA) is 65.5 Å². The molecule has 3 aliphatic rings. The summed E-state index contributed by atoms with van der Waals surface area (Å²) in [4.78, 5) is 13.8. The summed E-state index contributed by atoms with van der Waals surface area (Å²) in [5.41, 5.74) is 9.06. The van der Waals surface area contributed by atoms with Crippen molar-refractivity contribution in [1.29, 1.82) is 0 Å². The first-order valence-corrected chi connectivity index (χ1v) is 16.3. The smallest absolute Gasteiger partial charge is 0.397 e. The van der Waals surface area contributed by atoms with Crippen LogP contribution in [-0.2, 0) is 11.1 Å². The number of nitrogens with zero attached hydrogens (tertiary/aromatic N) is 7. The highest BCUT2D eigenvalue weighted by molar-refractivity contribution is 6.11. The lowest BCUT2D eigenvalue weighted by Gasteiger charge is -2.33. The van der Waals surface area contributed by atoms with Gasteiger partial charge in [-0.05, 0) is 71.1 Å². The lowest BCUT2D eigenvalue weighted by atomic mass is 9.83. The maximum absolute atomic E-state index is 6.81. The summed E-state index contributed by atoms with van der Waals surface area (Å²) in [5.74, 6) is 3.50. The molecule has 0 saturated heterocycles. The Morgan fingerprint density at radius 2 is 1.58 bits per heavy atom. The van der Waals surface area contributed by atoms with Gasteiger partial charge in [-0.3, -0.25) is 4.98 Å². The van der Waals surface area contributed by atoms with Gasteiger partial charge in [0.15, 0.2) is 16.9 Å². The largest absolute Gasteiger partial charge is 0.456 e. The molecule has 48 heavy (non-hydrogen) atoms. The van der Waals surface area contributed by atoms with Crippen LogP contribution in [0.15, 0.2) is 122 Å². The van der Waals surface area contributed by atoms with Gasteiger partial charge in [-0.25, -0.2) is 9.97 Å². The van der Waals surface area contributed by atoms with Crippen molar-refractivity contribution in [2.75, 3.05) is 0 Å². The molecule has 1 atom stereocenters. The van der Waals surface area contributed by atoms with Crippen LogP contribution in [0.1, 0.15) is 37.5 Å². The quantitative estimate of drug-likeness (QED) is 0.195. The van der Waals surface area contributed by atoms with Crippen molar-refractivity contribution in [3.63, 3.8) is 0 Å². The molecule has 0 amide bonds. The second kappa shape index (κ2) is 8.60. The van der Waals surface area contributed by atoms with E-state index in [2.05, 4.69) is 130 Å². The lowest BCUT2D eigenvalue weighted by Crippen LogP contribution is -2.76. The fourth-order valence-electron chi connectivity index (χ4n) is 8.21. The van der Waals surface area contributed by atoms with Crippen molar-refractivity contribution in [3.05, 3.63) is 139 Å². The number of pyridine rings is 2. The van der Waals surface area contributed by atoms with Crippen LogP contribution in [-0.4, -0.2) is 24.2 Å². The van der Waals surface area contributed by atoms with Gasteiger partial charge in [-0.15, -0.1) is 4.68 Å². The van der Waals surface area contributed by atoms with E-state index in [-0.39, 0.29) is 5.41 Å². The molecule has 0 saturated carbocycles. The summed E-state index contributed by atoms with van der Waals surface area (Å²) in [7, 11) is 0. The van der Waals surface area contributed by atoms with E-state index in [0.29, 0.717) is 5.82 Å². The van der Waals surface area contributed by atoms with Crippen LogP contribution in [0, 0.1) is 0 Å². The molecule has 8 heterocycles. The van der Waals surface area contributed by atoms with Crippen LogP contribution in [0.25, 0.3) is 55.8 Å². The summed E-state index contributed by atoms with van der Waals surface area (Å²) < 4.78 is 16.3. The fraction of sp³-hybridized carbons (Fsp3) is 0.125. The Hall–Kier alpha value is -6.15. The Labute approximate surface area is 275 Å². The molecular weight excluding hydrogens is 594 g/mol. The third-order valence-electron chi connectivity index (χ3n) is 10.4. The van der Waals surface area contributed by atoms with Crippen molar-refractivity contribution in [2.45, 2.75) is 31.8 Å². The second-order valence-corrected chi connectivity index (χ2v) is 13.9. The molecule has 3 aliphatic heterocycles. The molecule has 0 N–H and O–H groups in total. The van der Waals surface area contributed by atoms with Crippen molar-refractivity contribution >= 4 is 21.8 Å². The first-order valence-electron chi connectivity index (χ1n) is 16.3. The Morgan fingerprint density at radius 1 is 0.771 bits per heavy atom. The van der Waals surface area contributed by atoms with Gasteiger partial charge in [0.2, 0.25) is 6.20 Å². The Kier molecular flexibility index (Phi) is 4.65. The predicted octanol–water partition coefficient (Wildman–Crippen LogP) is 7.00. The van der Waals surface area contributed by atoms with Crippen molar-refractivity contribution < 1.29 is 14.0 Å². The van der Waals surface area contributed by atoms with Gasteiger partial charge in [-0.2, -0.15) is 9.13 Å². The van der Waals surface area contributed by atoms with E-state index in [1.807, 2.05) is 24.5 Å². The molecule has 8 aromatic rings. The van der Waals surface area contributed by atoms with Gasteiger partial charge in [0.05, 0.1) is 12.4 Å². The number of benzene rings is 3. The molecule has 228 valence electrons. The van der Waals surface area contributed by atoms with Crippen molar-refractivity contribution in [1.82, 2.24) is 24.2 Å². The Bertz CT molecular complexity index is 2680. The van der Waals surface area contributed by atoms with Crippen LogP contribution in [0.5, 0.6) is 11.5 Å². The molecule has 0 fully saturated rings. The van der Waals surface area contributed by atoms with Crippen LogP contribution >= 0.6 is 0 Å². The minimum atomic E-state index is -0.760. The number of rotatable bonds is 2. The zero-order chi connectivity index (χ0) is 31.9. The highest BCUT2D eigenvalue weighted by atomic mass is 16.5. The standard InChI is InChI=1S/C40H29N7O/c1-39(2,3)27-15-18-44-34(19-27)47-30-8-5-4-7-28(30)29-11-12-33-36(37(29)47)40(44)35-31(9-6-10-32(35)48-33)45-22-26(23-46(40)45)38-42-20-25(21-43-38)24-13-16-41-17-14-24/h4-23H,1-3H3/q+2. The van der Waals surface area contributed by atoms with E-state index < -0.39 is 5.66 Å². The number of hydrogen-bond donors (Lipinski definition) is 0. The molecule has 3 aromatic carbocycles. The number of aromatic nitrogens is 7. The first kappa shape index (κ1) is 26.0. The van der Waals surface area contributed by atoms with E-state index in [1.54, 1.807) is 12.4 Å². The summed E-state index contributed by atoms with van der Waals surface area (Å²) in [5, 5.41) is 2.43. The maximum atomic E-state index is 6.81. The molecule has 8 nitrogen and oxygen atoms in total. The fourth-order valence-corrected chi connectivity index (χ4v) is 8.21. The van der Waals surface area contributed by atoms with E-state index in [0.717, 1.165) is 50.8 Å². The molecule has 1 spiro atoms. The van der Waals surface area contributed by atoms with E-state index in [4.69, 9.17) is 14.7 Å². The molecule has 0 radical (unpaired) electrons. The van der Waals surface area contributed by atoms with Crippen molar-refractivity contribution in [2.24, 2.45) is 0 Å². The Balaban J connectivity index is 1.25. The number of para-hydroxylation sites is 1. The van der Waals surface area contributed by atoms with Crippen LogP contribution in [0.2, 0.25) is 0 Å². The SMILES string of the molecule is CC(C)(C)c1cc[n+]2c(c1)-n1c3ccccc3c3ccc4c(c31)C21c2c(cccc2-n2cc(-c3ncc(-c5ccncc5)cn3)c[n+]21)O4. The zero-order valence-electron chi connectivity index (χ0n) is 26.6. The summed E-state index contributed by atoms with van der Waals surface area (Å²) in [6.45, 7) is 6.83. The van der Waals surface area contributed by atoms with Gasteiger partial charge in [0.1, 0.15) is 33.8 Å². The Morgan fingerprint density at radius 3 is 2.42 bits per heavy atom. The van der Waals surface area contributed by atoms with E-state index in [1.165, 1.54) is 27.4 Å². The van der Waals surface area contributed by atoms with E-state index in [9.17, 15) is 0 Å².